The summed E-state index contributed by atoms with van der Waals surface area (Å²) in [7, 11) is 2.08. The van der Waals surface area contributed by atoms with Crippen molar-refractivity contribution in [1.29, 1.82) is 0 Å². The third-order valence-electron chi connectivity index (χ3n) is 14.2. The molecule has 3 heterocycles. The van der Waals surface area contributed by atoms with Crippen molar-refractivity contribution < 1.29 is 47.9 Å². The molecule has 10 amide bonds. The van der Waals surface area contributed by atoms with Gasteiger partial charge in [0.15, 0.2) is 11.9 Å². The maximum atomic E-state index is 15.1. The minimum absolute atomic E-state index is 0.0213. The highest BCUT2D eigenvalue weighted by Gasteiger charge is 2.35. The number of hydrogen-bond donors (Lipinski definition) is 16. The number of guanidine groups is 2. The van der Waals surface area contributed by atoms with Crippen LogP contribution in [-0.4, -0.2) is 165 Å². The standard InChI is InChI=1S/C58H79N19O10S2/c1-3-4-14-40-51(82)72-41(16-9-20-65-57(60)61)53(84)77-45(25-37-27-64-31-69-37)55(86)75-43(23-33-18-19-34-11-5-6-12-35(34)22-33)54(85)73-42(17-10-21-66-58(62)63)52(83)76-44(24-36-26-67-39-15-8-7-13-38(36)39)50(81)68-28-48(79)71-46(49(59)80)29-88-89-30-47(56(87)74-40)70-32(2)78/h5-8,11-13,15,18-19,22,26-27,31,40-47,67H,3-4,9-10,14,16-17,20-21,23-25,28-30H2,1-2H3,(H2,59,80)(H,64,69)(H,68,81)(H,70,78)(H,71,79)(H,72,82)(H,73,85)(H,74,87)(H,75,86)(H,76,83)(H,77,84)(H4,60,61,65)(H4,62,63,66)/t40-,41-,42?,43+,44?,45?,46-,47?/m0/s1. The molecule has 0 spiro atoms. The van der Waals surface area contributed by atoms with Gasteiger partial charge in [-0.15, -0.1) is 0 Å². The molecule has 6 rings (SSSR count). The zero-order valence-corrected chi connectivity index (χ0v) is 51.1. The van der Waals surface area contributed by atoms with E-state index in [1.54, 1.807) is 18.3 Å². The van der Waals surface area contributed by atoms with Crippen molar-refractivity contribution in [3.05, 3.63) is 102 Å². The van der Waals surface area contributed by atoms with Gasteiger partial charge in [-0.25, -0.2) is 4.98 Å². The number of unbranched alkanes of at least 4 members (excludes halogenated alkanes) is 1. The molecular formula is C58H79N19O10S2. The van der Waals surface area contributed by atoms with Crippen molar-refractivity contribution in [2.45, 2.75) is 126 Å². The van der Waals surface area contributed by atoms with Gasteiger partial charge in [0.05, 0.1) is 12.9 Å². The van der Waals surface area contributed by atoms with Crippen LogP contribution < -0.4 is 76.5 Å². The normalized spacial score (nSPS) is 21.8. The van der Waals surface area contributed by atoms with Crippen LogP contribution in [0.25, 0.3) is 21.7 Å². The van der Waals surface area contributed by atoms with E-state index >= 15 is 9.59 Å². The van der Waals surface area contributed by atoms with Gasteiger partial charge in [0.2, 0.25) is 59.1 Å². The topological polar surface area (TPSA) is 478 Å². The lowest BCUT2D eigenvalue weighted by atomic mass is 9.99. The van der Waals surface area contributed by atoms with E-state index in [9.17, 15) is 38.4 Å². The number of benzene rings is 3. The van der Waals surface area contributed by atoms with Crippen molar-refractivity contribution in [2.75, 3.05) is 31.1 Å². The number of primary amides is 1. The first kappa shape index (κ1) is 68.7. The van der Waals surface area contributed by atoms with Gasteiger partial charge in [-0.2, -0.15) is 0 Å². The number of H-pyrrole nitrogens is 2. The number of carbonyl (C=O) groups is 10. The Kier molecular flexibility index (Phi) is 26.9. The molecule has 89 heavy (non-hydrogen) atoms. The molecule has 8 atom stereocenters. The number of nitrogens with two attached hydrogens (primary N) is 5. The lowest BCUT2D eigenvalue weighted by Gasteiger charge is -2.28. The van der Waals surface area contributed by atoms with E-state index < -0.39 is 114 Å². The number of nitrogens with one attached hydrogen (secondary N) is 11. The van der Waals surface area contributed by atoms with Gasteiger partial charge < -0.3 is 86.5 Å². The number of aromatic amines is 2. The first-order valence-corrected chi connectivity index (χ1v) is 31.5. The number of rotatable bonds is 19. The smallest absolute Gasteiger partial charge is 0.244 e. The molecule has 0 saturated carbocycles. The van der Waals surface area contributed by atoms with Crippen LogP contribution >= 0.6 is 21.6 Å². The second kappa shape index (κ2) is 34.8. The average molecular weight is 1270 g/mol. The molecule has 2 aromatic heterocycles. The van der Waals surface area contributed by atoms with Crippen molar-refractivity contribution >= 4 is 114 Å². The van der Waals surface area contributed by atoms with Crippen LogP contribution in [0.2, 0.25) is 0 Å². The quantitative estimate of drug-likeness (QED) is 0.0189. The summed E-state index contributed by atoms with van der Waals surface area (Å²) >= 11 is 0. The predicted molar refractivity (Wildman–Crippen MR) is 340 cm³/mol. The van der Waals surface area contributed by atoms with Gasteiger partial charge in [0.1, 0.15) is 48.3 Å². The summed E-state index contributed by atoms with van der Waals surface area (Å²) in [6, 6.07) is 9.22. The Morgan fingerprint density at radius 2 is 1.13 bits per heavy atom. The molecule has 1 aliphatic rings. The van der Waals surface area contributed by atoms with Gasteiger partial charge >= 0.3 is 0 Å². The molecule has 21 N–H and O–H groups in total. The molecule has 3 aromatic carbocycles. The summed E-state index contributed by atoms with van der Waals surface area (Å²) in [5, 5.41) is 26.7. The van der Waals surface area contributed by atoms with Gasteiger partial charge in [-0.05, 0) is 60.1 Å². The molecule has 478 valence electrons. The van der Waals surface area contributed by atoms with Crippen molar-refractivity contribution in [3.8, 4) is 0 Å². The van der Waals surface area contributed by atoms with Crippen LogP contribution in [0.15, 0.2) is 95.4 Å². The van der Waals surface area contributed by atoms with Gasteiger partial charge in [0, 0.05) is 79.8 Å². The Morgan fingerprint density at radius 1 is 0.596 bits per heavy atom. The van der Waals surface area contributed by atoms with E-state index in [2.05, 4.69) is 72.8 Å². The van der Waals surface area contributed by atoms with Crippen LogP contribution in [0.3, 0.4) is 0 Å². The highest BCUT2D eigenvalue weighted by Crippen LogP contribution is 2.24. The predicted octanol–water partition coefficient (Wildman–Crippen LogP) is -1.74. The molecule has 0 bridgehead atoms. The highest BCUT2D eigenvalue weighted by molar-refractivity contribution is 8.76. The number of para-hydroxylation sites is 1. The van der Waals surface area contributed by atoms with E-state index in [4.69, 9.17) is 28.7 Å². The Balaban J connectivity index is 1.43. The summed E-state index contributed by atoms with van der Waals surface area (Å²) < 4.78 is 0. The van der Waals surface area contributed by atoms with Crippen LogP contribution in [-0.2, 0) is 67.2 Å². The number of carbonyl (C=O) groups excluding carboxylic acids is 10. The van der Waals surface area contributed by atoms with E-state index in [1.807, 2.05) is 61.5 Å². The molecule has 5 aromatic rings. The Hall–Kier alpha value is -9.39. The molecule has 0 aliphatic carbocycles. The van der Waals surface area contributed by atoms with Crippen LogP contribution in [0.5, 0.6) is 0 Å². The minimum Gasteiger partial charge on any atom is -0.370 e. The SMILES string of the molecule is CCCC[C@@H]1NC(=O)C(NC(C)=O)CSSC[C@@H](C(N)=O)NC(=O)CNC(=O)C(Cc2c[nH]c3ccccc23)NC(=O)C(CCCN=C(N)N)NC(=O)[C@@H](Cc2ccc3ccccc3c2)NC(=O)C(Cc2cnc[nH]2)NC(=O)[C@H](CCCN=C(N)N)NC1=O. The Bertz CT molecular complexity index is 3340. The highest BCUT2D eigenvalue weighted by atomic mass is 33.1. The van der Waals surface area contributed by atoms with Crippen LogP contribution in [0.4, 0.5) is 0 Å². The maximum Gasteiger partial charge on any atom is 0.244 e. The minimum atomic E-state index is -1.48. The second-order valence-corrected chi connectivity index (χ2v) is 23.8. The zero-order chi connectivity index (χ0) is 64.4. The molecule has 1 saturated heterocycles. The fourth-order valence-corrected chi connectivity index (χ4v) is 12.0. The molecular weight excluding hydrogens is 1190 g/mol. The molecule has 1 aliphatic heterocycles. The van der Waals surface area contributed by atoms with Crippen molar-refractivity contribution in [2.24, 2.45) is 38.7 Å². The lowest BCUT2D eigenvalue weighted by Crippen LogP contribution is -2.61. The Labute approximate surface area is 521 Å². The Morgan fingerprint density at radius 3 is 1.72 bits per heavy atom. The number of imidazole rings is 1. The van der Waals surface area contributed by atoms with Crippen LogP contribution in [0, 0.1) is 0 Å². The molecule has 0 radical (unpaired) electrons. The third-order valence-corrected chi connectivity index (χ3v) is 16.6. The van der Waals surface area contributed by atoms with Gasteiger partial charge in [0.25, 0.3) is 0 Å². The summed E-state index contributed by atoms with van der Waals surface area (Å²) in [6.07, 6.45) is 5.18. The molecule has 4 unspecified atom stereocenters. The van der Waals surface area contributed by atoms with Crippen molar-refractivity contribution in [3.63, 3.8) is 0 Å². The largest absolute Gasteiger partial charge is 0.370 e. The van der Waals surface area contributed by atoms with E-state index in [1.165, 1.54) is 19.4 Å². The van der Waals surface area contributed by atoms with Gasteiger partial charge in [-0.1, -0.05) is 102 Å². The number of nitrogens with zero attached hydrogens (tertiary/aromatic N) is 3. The van der Waals surface area contributed by atoms with E-state index in [0.717, 1.165) is 43.3 Å². The zero-order valence-electron chi connectivity index (χ0n) is 49.4. The molecule has 29 nitrogen and oxygen atoms in total. The number of hydrogen-bond acceptors (Lipinski definition) is 15. The second-order valence-electron chi connectivity index (χ2n) is 21.2. The van der Waals surface area contributed by atoms with E-state index in [0.29, 0.717) is 29.7 Å². The maximum absolute atomic E-state index is 15.1. The van der Waals surface area contributed by atoms with E-state index in [-0.39, 0.29) is 87.9 Å². The summed E-state index contributed by atoms with van der Waals surface area (Å²) in [4.78, 5) is 160. The fourth-order valence-electron chi connectivity index (χ4n) is 9.61. The lowest BCUT2D eigenvalue weighted by molar-refractivity contribution is -0.135. The van der Waals surface area contributed by atoms with Gasteiger partial charge in [-0.3, -0.25) is 57.9 Å². The monoisotopic (exact) mass is 1270 g/mol. The van der Waals surface area contributed by atoms with Crippen LogP contribution in [0.1, 0.15) is 75.6 Å². The average Bonchev–Trinajstić information content (AvgIpc) is 2.37. The number of aliphatic imine (C=N–C) groups is 2. The molecule has 1 fully saturated rings. The summed E-state index contributed by atoms with van der Waals surface area (Å²) in [6.45, 7) is 2.44. The van der Waals surface area contributed by atoms with Crippen molar-refractivity contribution in [1.82, 2.24) is 62.8 Å². The third kappa shape index (κ3) is 22.4. The number of amides is 10. The number of aromatic nitrogens is 3. The first-order chi connectivity index (χ1) is 42.7. The first-order valence-electron chi connectivity index (χ1n) is 29.0. The summed E-state index contributed by atoms with van der Waals surface area (Å²) in [5.74, 6) is -8.80. The molecule has 31 heteroatoms. The fraction of sp³-hybridized carbons (Fsp3) is 0.431. The number of fused-ring (bicyclic) bond motifs is 2. The summed E-state index contributed by atoms with van der Waals surface area (Å²) in [5.41, 5.74) is 30.5.